The van der Waals surface area contributed by atoms with Gasteiger partial charge in [-0.25, -0.2) is 4.39 Å². The van der Waals surface area contributed by atoms with Gasteiger partial charge in [-0.05, 0) is 47.5 Å². The summed E-state index contributed by atoms with van der Waals surface area (Å²) in [5, 5.41) is 12.3. The van der Waals surface area contributed by atoms with E-state index in [0.717, 1.165) is 26.1 Å². The number of hydrogen-bond acceptors (Lipinski definition) is 3. The molecule has 0 aliphatic carbocycles. The summed E-state index contributed by atoms with van der Waals surface area (Å²) in [6, 6.07) is 8.43. The number of benzene rings is 1. The third kappa shape index (κ3) is 3.08. The van der Waals surface area contributed by atoms with Gasteiger partial charge in [0.05, 0.1) is 6.10 Å². The van der Waals surface area contributed by atoms with Crippen molar-refractivity contribution in [1.29, 1.82) is 0 Å². The maximum absolute atomic E-state index is 13.1. The minimum absolute atomic E-state index is 0.289. The van der Waals surface area contributed by atoms with E-state index in [1.165, 1.54) is 22.6 Å². The molecule has 2 aromatic rings. The summed E-state index contributed by atoms with van der Waals surface area (Å²) in [5.41, 5.74) is 2.08. The number of fused-ring (bicyclic) bond motifs is 1. The summed E-state index contributed by atoms with van der Waals surface area (Å²) < 4.78 is 13.1. The number of nitrogens with zero attached hydrogens (tertiary/aromatic N) is 1. The van der Waals surface area contributed by atoms with Gasteiger partial charge in [-0.2, -0.15) is 0 Å². The first kappa shape index (κ1) is 13.7. The fraction of sp³-hybridized carbons (Fsp3) is 0.375. The zero-order valence-electron chi connectivity index (χ0n) is 11.3. The fourth-order valence-corrected chi connectivity index (χ4v) is 3.57. The standard InChI is InChI=1S/C16H18FNOS/c17-14-3-1-2-12(10-14)15(19)4-7-18-8-5-16-13(11-18)6-9-20-16/h1-3,6,9-10,15,19H,4-5,7-8,11H2. The predicted octanol–water partition coefficient (Wildman–Crippen LogP) is 3.37. The van der Waals surface area contributed by atoms with Crippen molar-refractivity contribution in [3.8, 4) is 0 Å². The van der Waals surface area contributed by atoms with Gasteiger partial charge in [-0.15, -0.1) is 11.3 Å². The van der Waals surface area contributed by atoms with Crippen molar-refractivity contribution in [2.24, 2.45) is 0 Å². The molecular weight excluding hydrogens is 273 g/mol. The van der Waals surface area contributed by atoms with E-state index in [-0.39, 0.29) is 5.82 Å². The quantitative estimate of drug-likeness (QED) is 0.933. The molecule has 2 nitrogen and oxygen atoms in total. The van der Waals surface area contributed by atoms with Gasteiger partial charge in [0.2, 0.25) is 0 Å². The molecule has 3 rings (SSSR count). The van der Waals surface area contributed by atoms with Crippen molar-refractivity contribution in [2.75, 3.05) is 13.1 Å². The SMILES string of the molecule is OC(CCN1CCc2sccc2C1)c1cccc(F)c1. The van der Waals surface area contributed by atoms with Gasteiger partial charge >= 0.3 is 0 Å². The molecule has 0 saturated carbocycles. The molecule has 1 N–H and O–H groups in total. The van der Waals surface area contributed by atoms with Crippen LogP contribution in [0.2, 0.25) is 0 Å². The smallest absolute Gasteiger partial charge is 0.123 e. The molecule has 4 heteroatoms. The van der Waals surface area contributed by atoms with E-state index in [9.17, 15) is 9.50 Å². The van der Waals surface area contributed by atoms with Crippen LogP contribution in [-0.4, -0.2) is 23.1 Å². The average Bonchev–Trinajstić information content (AvgIpc) is 2.92. The molecule has 1 aromatic carbocycles. The van der Waals surface area contributed by atoms with Crippen molar-refractivity contribution in [2.45, 2.75) is 25.5 Å². The van der Waals surface area contributed by atoms with Crippen LogP contribution in [0.15, 0.2) is 35.7 Å². The molecule has 0 bridgehead atoms. The van der Waals surface area contributed by atoms with Crippen molar-refractivity contribution in [3.63, 3.8) is 0 Å². The molecule has 1 aromatic heterocycles. The van der Waals surface area contributed by atoms with Crippen LogP contribution >= 0.6 is 11.3 Å². The van der Waals surface area contributed by atoms with Crippen LogP contribution in [0.5, 0.6) is 0 Å². The molecule has 1 aliphatic rings. The third-order valence-electron chi connectivity index (χ3n) is 3.84. The molecule has 0 fully saturated rings. The summed E-state index contributed by atoms with van der Waals surface area (Å²) in [5.74, 6) is -0.289. The summed E-state index contributed by atoms with van der Waals surface area (Å²) in [6.45, 7) is 2.85. The Bertz CT molecular complexity index is 583. The molecule has 106 valence electrons. The zero-order chi connectivity index (χ0) is 13.9. The third-order valence-corrected chi connectivity index (χ3v) is 4.86. The van der Waals surface area contributed by atoms with Gasteiger partial charge < -0.3 is 5.11 Å². The summed E-state index contributed by atoms with van der Waals surface area (Å²) in [6.07, 6.45) is 1.15. The Balaban J connectivity index is 1.55. The number of hydrogen-bond donors (Lipinski definition) is 1. The highest BCUT2D eigenvalue weighted by atomic mass is 32.1. The predicted molar refractivity (Wildman–Crippen MR) is 79.3 cm³/mol. The maximum Gasteiger partial charge on any atom is 0.123 e. The Hall–Kier alpha value is -1.23. The highest BCUT2D eigenvalue weighted by Crippen LogP contribution is 2.25. The molecule has 2 heterocycles. The average molecular weight is 291 g/mol. The second kappa shape index (κ2) is 6.04. The van der Waals surface area contributed by atoms with Crippen molar-refractivity contribution >= 4 is 11.3 Å². The fourth-order valence-electron chi connectivity index (χ4n) is 2.68. The van der Waals surface area contributed by atoms with Crippen LogP contribution in [0.25, 0.3) is 0 Å². The minimum atomic E-state index is -0.588. The normalized spacial score (nSPS) is 16.9. The lowest BCUT2D eigenvalue weighted by Crippen LogP contribution is -2.31. The van der Waals surface area contributed by atoms with E-state index in [2.05, 4.69) is 16.3 Å². The lowest BCUT2D eigenvalue weighted by atomic mass is 10.0. The monoisotopic (exact) mass is 291 g/mol. The summed E-state index contributed by atoms with van der Waals surface area (Å²) in [7, 11) is 0. The number of halogens is 1. The molecule has 0 saturated heterocycles. The van der Waals surface area contributed by atoms with E-state index < -0.39 is 6.10 Å². The number of aliphatic hydroxyl groups excluding tert-OH is 1. The van der Waals surface area contributed by atoms with Gasteiger partial charge in [0.25, 0.3) is 0 Å². The van der Waals surface area contributed by atoms with Gasteiger partial charge in [0.1, 0.15) is 5.82 Å². The van der Waals surface area contributed by atoms with E-state index >= 15 is 0 Å². The second-order valence-corrected chi connectivity index (χ2v) is 6.26. The molecule has 0 amide bonds. The van der Waals surface area contributed by atoms with E-state index in [1.54, 1.807) is 12.1 Å². The Morgan fingerprint density at radius 1 is 1.35 bits per heavy atom. The highest BCUT2D eigenvalue weighted by Gasteiger charge is 2.18. The molecule has 0 radical (unpaired) electrons. The Morgan fingerprint density at radius 2 is 2.25 bits per heavy atom. The van der Waals surface area contributed by atoms with Crippen molar-refractivity contribution < 1.29 is 9.50 Å². The van der Waals surface area contributed by atoms with Gasteiger partial charge in [0.15, 0.2) is 0 Å². The van der Waals surface area contributed by atoms with Crippen molar-refractivity contribution in [3.05, 3.63) is 57.5 Å². The Kier molecular flexibility index (Phi) is 4.15. The number of rotatable bonds is 4. The van der Waals surface area contributed by atoms with Crippen LogP contribution in [0.4, 0.5) is 4.39 Å². The largest absolute Gasteiger partial charge is 0.388 e. The first-order valence-corrected chi connectivity index (χ1v) is 7.81. The van der Waals surface area contributed by atoms with Crippen LogP contribution in [0.1, 0.15) is 28.5 Å². The molecule has 0 spiro atoms. The van der Waals surface area contributed by atoms with E-state index in [0.29, 0.717) is 12.0 Å². The Labute approximate surface area is 122 Å². The molecular formula is C16H18FNOS. The maximum atomic E-state index is 13.1. The molecule has 1 aliphatic heterocycles. The molecule has 20 heavy (non-hydrogen) atoms. The van der Waals surface area contributed by atoms with Crippen molar-refractivity contribution in [1.82, 2.24) is 4.90 Å². The number of thiophene rings is 1. The zero-order valence-corrected chi connectivity index (χ0v) is 12.1. The lowest BCUT2D eigenvalue weighted by molar-refractivity contribution is 0.137. The Morgan fingerprint density at radius 3 is 3.10 bits per heavy atom. The second-order valence-electron chi connectivity index (χ2n) is 5.25. The van der Waals surface area contributed by atoms with Gasteiger partial charge in [0, 0.05) is 24.5 Å². The lowest BCUT2D eigenvalue weighted by Gasteiger charge is -2.27. The molecule has 1 atom stereocenters. The van der Waals surface area contributed by atoms with Crippen LogP contribution < -0.4 is 0 Å². The van der Waals surface area contributed by atoms with Crippen LogP contribution in [0.3, 0.4) is 0 Å². The van der Waals surface area contributed by atoms with E-state index in [4.69, 9.17) is 0 Å². The topological polar surface area (TPSA) is 23.5 Å². The summed E-state index contributed by atoms with van der Waals surface area (Å²) in [4.78, 5) is 3.85. The minimum Gasteiger partial charge on any atom is -0.388 e. The van der Waals surface area contributed by atoms with E-state index in [1.807, 2.05) is 11.3 Å². The van der Waals surface area contributed by atoms with Crippen LogP contribution in [-0.2, 0) is 13.0 Å². The first-order chi connectivity index (χ1) is 9.72. The molecule has 1 unspecified atom stereocenters. The number of aliphatic hydroxyl groups is 1. The first-order valence-electron chi connectivity index (χ1n) is 6.93. The highest BCUT2D eigenvalue weighted by molar-refractivity contribution is 7.10. The van der Waals surface area contributed by atoms with Gasteiger partial charge in [-0.1, -0.05) is 12.1 Å². The van der Waals surface area contributed by atoms with Crippen LogP contribution in [0, 0.1) is 5.82 Å². The van der Waals surface area contributed by atoms with Gasteiger partial charge in [-0.3, -0.25) is 4.90 Å². The summed E-state index contributed by atoms with van der Waals surface area (Å²) >= 11 is 1.83.